The second kappa shape index (κ2) is 9.33. The van der Waals surface area contributed by atoms with E-state index in [2.05, 4.69) is 26.1 Å². The van der Waals surface area contributed by atoms with Gasteiger partial charge in [0.05, 0.1) is 12.8 Å². The monoisotopic (exact) mass is 391 g/mol. The number of rotatable bonds is 7. The molecule has 26 heavy (non-hydrogen) atoms. The van der Waals surface area contributed by atoms with Crippen molar-refractivity contribution in [1.29, 1.82) is 0 Å². The first-order chi connectivity index (χ1) is 12.3. The van der Waals surface area contributed by atoms with E-state index in [1.807, 2.05) is 42.5 Å². The second-order valence-corrected chi connectivity index (χ2v) is 8.72. The molecule has 3 nitrogen and oxygen atoms in total. The third-order valence-corrected chi connectivity index (χ3v) is 5.32. The number of nitrogens with one attached hydrogen (secondary N) is 1. The maximum atomic E-state index is 12.3. The Labute approximate surface area is 165 Å². The number of thioether (sulfide) groups is 1. The fourth-order valence-electron chi connectivity index (χ4n) is 2.44. The summed E-state index contributed by atoms with van der Waals surface area (Å²) in [6.45, 7) is 6.44. The van der Waals surface area contributed by atoms with Crippen LogP contribution in [0.4, 0.5) is 5.69 Å². The summed E-state index contributed by atoms with van der Waals surface area (Å²) in [7, 11) is 1.62. The lowest BCUT2D eigenvalue weighted by Crippen LogP contribution is -2.15. The smallest absolute Gasteiger partial charge is 0.224 e. The van der Waals surface area contributed by atoms with Crippen LogP contribution in [0.3, 0.4) is 0 Å². The highest BCUT2D eigenvalue weighted by atomic mass is 35.5. The van der Waals surface area contributed by atoms with Gasteiger partial charge in [-0.2, -0.15) is 0 Å². The van der Waals surface area contributed by atoms with Crippen LogP contribution in [0, 0.1) is 0 Å². The molecule has 0 unspecified atom stereocenters. The Kier molecular flexibility index (Phi) is 7.42. The van der Waals surface area contributed by atoms with E-state index in [1.54, 1.807) is 18.9 Å². The van der Waals surface area contributed by atoms with Crippen molar-refractivity contribution in [2.75, 3.05) is 18.2 Å². The number of benzene rings is 2. The summed E-state index contributed by atoms with van der Waals surface area (Å²) in [5, 5.41) is 3.73. The van der Waals surface area contributed by atoms with Crippen LogP contribution in [0.5, 0.6) is 5.75 Å². The Balaban J connectivity index is 1.87. The van der Waals surface area contributed by atoms with Crippen molar-refractivity contribution in [3.05, 3.63) is 53.1 Å². The van der Waals surface area contributed by atoms with Crippen molar-refractivity contribution in [2.45, 2.75) is 43.9 Å². The van der Waals surface area contributed by atoms with Crippen LogP contribution in [-0.2, 0) is 10.2 Å². The van der Waals surface area contributed by atoms with Crippen molar-refractivity contribution >= 4 is 35.0 Å². The number of carbonyl (C=O) groups is 1. The number of halogens is 1. The van der Waals surface area contributed by atoms with Gasteiger partial charge in [-0.3, -0.25) is 4.79 Å². The lowest BCUT2D eigenvalue weighted by atomic mass is 9.87. The van der Waals surface area contributed by atoms with Gasteiger partial charge in [-0.05, 0) is 59.6 Å². The molecule has 2 aromatic carbocycles. The quantitative estimate of drug-likeness (QED) is 0.454. The van der Waals surface area contributed by atoms with Gasteiger partial charge < -0.3 is 10.1 Å². The van der Waals surface area contributed by atoms with Crippen LogP contribution in [-0.4, -0.2) is 18.8 Å². The summed E-state index contributed by atoms with van der Waals surface area (Å²) >= 11 is 7.61. The van der Waals surface area contributed by atoms with Gasteiger partial charge in [0.15, 0.2) is 0 Å². The Bertz CT molecular complexity index is 739. The van der Waals surface area contributed by atoms with E-state index in [1.165, 1.54) is 0 Å². The molecule has 0 heterocycles. The largest absolute Gasteiger partial charge is 0.495 e. The van der Waals surface area contributed by atoms with E-state index >= 15 is 0 Å². The van der Waals surface area contributed by atoms with Crippen LogP contribution >= 0.6 is 23.4 Å². The van der Waals surface area contributed by atoms with Crippen LogP contribution < -0.4 is 10.1 Å². The van der Waals surface area contributed by atoms with E-state index < -0.39 is 0 Å². The van der Waals surface area contributed by atoms with Gasteiger partial charge in [-0.15, -0.1) is 11.8 Å². The van der Waals surface area contributed by atoms with Crippen molar-refractivity contribution in [1.82, 2.24) is 0 Å². The Morgan fingerprint density at radius 1 is 1.15 bits per heavy atom. The van der Waals surface area contributed by atoms with Crippen molar-refractivity contribution in [3.63, 3.8) is 0 Å². The minimum Gasteiger partial charge on any atom is -0.495 e. The predicted molar refractivity (Wildman–Crippen MR) is 112 cm³/mol. The fourth-order valence-corrected chi connectivity index (χ4v) is 3.42. The van der Waals surface area contributed by atoms with Crippen molar-refractivity contribution in [3.8, 4) is 5.75 Å². The molecule has 0 bridgehead atoms. The molecule has 2 aromatic rings. The number of hydrogen-bond acceptors (Lipinski definition) is 3. The molecule has 0 saturated carbocycles. The molecular weight excluding hydrogens is 366 g/mol. The van der Waals surface area contributed by atoms with Gasteiger partial charge in [0.2, 0.25) is 5.91 Å². The van der Waals surface area contributed by atoms with Crippen molar-refractivity contribution in [2.24, 2.45) is 0 Å². The number of anilines is 1. The molecular formula is C21H26ClNO2S. The zero-order valence-corrected chi connectivity index (χ0v) is 17.3. The summed E-state index contributed by atoms with van der Waals surface area (Å²) in [6, 6.07) is 13.7. The van der Waals surface area contributed by atoms with Gasteiger partial charge in [-0.1, -0.05) is 38.4 Å². The zero-order valence-electron chi connectivity index (χ0n) is 15.8. The van der Waals surface area contributed by atoms with Crippen LogP contribution in [0.2, 0.25) is 5.02 Å². The molecule has 0 radical (unpaired) electrons. The van der Waals surface area contributed by atoms with E-state index in [9.17, 15) is 4.79 Å². The Morgan fingerprint density at radius 2 is 1.85 bits per heavy atom. The first-order valence-corrected chi connectivity index (χ1v) is 10.0. The normalized spacial score (nSPS) is 11.3. The summed E-state index contributed by atoms with van der Waals surface area (Å²) in [5.74, 6) is 1.57. The van der Waals surface area contributed by atoms with Gasteiger partial charge in [0.25, 0.3) is 0 Å². The number of amides is 1. The third kappa shape index (κ3) is 6.26. The van der Waals surface area contributed by atoms with Gasteiger partial charge in [0, 0.05) is 16.3 Å². The van der Waals surface area contributed by atoms with Gasteiger partial charge in [0.1, 0.15) is 5.75 Å². The molecule has 140 valence electrons. The van der Waals surface area contributed by atoms with Crippen LogP contribution in [0.25, 0.3) is 0 Å². The molecule has 5 heteroatoms. The molecule has 0 atom stereocenters. The van der Waals surface area contributed by atoms with E-state index in [-0.39, 0.29) is 11.3 Å². The average Bonchev–Trinajstić information content (AvgIpc) is 2.59. The second-order valence-electron chi connectivity index (χ2n) is 7.12. The first-order valence-electron chi connectivity index (χ1n) is 8.66. The Morgan fingerprint density at radius 3 is 2.46 bits per heavy atom. The molecule has 1 amide bonds. The molecule has 0 aromatic heterocycles. The average molecular weight is 392 g/mol. The molecule has 0 saturated heterocycles. The summed E-state index contributed by atoms with van der Waals surface area (Å²) in [4.78, 5) is 13.5. The lowest BCUT2D eigenvalue weighted by molar-refractivity contribution is -0.116. The molecule has 1 N–H and O–H groups in total. The highest BCUT2D eigenvalue weighted by molar-refractivity contribution is 7.99. The summed E-state index contributed by atoms with van der Waals surface area (Å²) < 4.78 is 5.38. The molecule has 0 spiro atoms. The first kappa shape index (κ1) is 20.7. The number of methoxy groups -OCH3 is 1. The highest BCUT2D eigenvalue weighted by Crippen LogP contribution is 2.31. The summed E-state index contributed by atoms with van der Waals surface area (Å²) in [6.07, 6.45) is 1.28. The number of hydrogen-bond donors (Lipinski definition) is 1. The van der Waals surface area contributed by atoms with Gasteiger partial charge >= 0.3 is 0 Å². The standard InChI is InChI=1S/C21H26ClNO2S/c1-21(2,3)15-7-12-19(25-4)18(14-15)23-20(24)6-5-13-26-17-10-8-16(22)9-11-17/h7-12,14H,5-6,13H2,1-4H3,(H,23,24). The lowest BCUT2D eigenvalue weighted by Gasteiger charge is -2.21. The minimum absolute atomic E-state index is 0.00562. The molecule has 0 fully saturated rings. The Hall–Kier alpha value is -1.65. The van der Waals surface area contributed by atoms with Gasteiger partial charge in [-0.25, -0.2) is 0 Å². The summed E-state index contributed by atoms with van der Waals surface area (Å²) in [5.41, 5.74) is 1.91. The number of ether oxygens (including phenoxy) is 1. The highest BCUT2D eigenvalue weighted by Gasteiger charge is 2.16. The van der Waals surface area contributed by atoms with Crippen molar-refractivity contribution < 1.29 is 9.53 Å². The topological polar surface area (TPSA) is 38.3 Å². The number of carbonyl (C=O) groups excluding carboxylic acids is 1. The molecule has 2 rings (SSSR count). The maximum absolute atomic E-state index is 12.3. The molecule has 0 aliphatic rings. The van der Waals surface area contributed by atoms with Crippen LogP contribution in [0.15, 0.2) is 47.4 Å². The predicted octanol–water partition coefficient (Wildman–Crippen LogP) is 6.16. The fraction of sp³-hybridized carbons (Fsp3) is 0.381. The van der Waals surface area contributed by atoms with E-state index in [0.29, 0.717) is 12.2 Å². The SMILES string of the molecule is COc1ccc(C(C)(C)C)cc1NC(=O)CCCSc1ccc(Cl)cc1. The molecule has 0 aliphatic heterocycles. The third-order valence-electron chi connectivity index (χ3n) is 3.97. The molecule has 0 aliphatic carbocycles. The zero-order chi connectivity index (χ0) is 19.2. The maximum Gasteiger partial charge on any atom is 0.224 e. The minimum atomic E-state index is 0.00562. The van der Waals surface area contributed by atoms with E-state index in [0.717, 1.165) is 33.3 Å². The van der Waals surface area contributed by atoms with Crippen LogP contribution in [0.1, 0.15) is 39.2 Å². The van der Waals surface area contributed by atoms with E-state index in [4.69, 9.17) is 16.3 Å².